The fraction of sp³-hybridized carbons (Fsp3) is 0.429. The Morgan fingerprint density at radius 3 is 3.17 bits per heavy atom. The zero-order valence-corrected chi connectivity index (χ0v) is 7.64. The monoisotopic (exact) mass is 182 g/mol. The number of fused-ring (bicyclic) bond motifs is 1. The fourth-order valence-electron chi connectivity index (χ4n) is 1.24. The topological polar surface area (TPSA) is 56.2 Å². The summed E-state index contributed by atoms with van der Waals surface area (Å²) in [6, 6.07) is 0. The van der Waals surface area contributed by atoms with E-state index in [1.807, 2.05) is 6.92 Å². The Kier molecular flexibility index (Phi) is 1.82. The molecule has 2 heterocycles. The van der Waals surface area contributed by atoms with Gasteiger partial charge < -0.3 is 5.73 Å². The fourth-order valence-corrected chi connectivity index (χ4v) is 2.15. The van der Waals surface area contributed by atoms with Crippen molar-refractivity contribution in [3.63, 3.8) is 0 Å². The van der Waals surface area contributed by atoms with Gasteiger partial charge in [0.25, 0.3) is 0 Å². The van der Waals surface area contributed by atoms with E-state index in [0.717, 1.165) is 17.2 Å². The molecule has 2 N–H and O–H groups in total. The number of nitrogens with two attached hydrogens (primary N) is 1. The van der Waals surface area contributed by atoms with Crippen LogP contribution in [0.1, 0.15) is 11.5 Å². The highest BCUT2D eigenvalue weighted by Crippen LogP contribution is 2.15. The van der Waals surface area contributed by atoms with Crippen LogP contribution < -0.4 is 5.73 Å². The molecule has 0 amide bonds. The summed E-state index contributed by atoms with van der Waals surface area (Å²) in [5.41, 5.74) is 6.69. The minimum absolute atomic E-state index is 0.670. The first kappa shape index (κ1) is 7.70. The van der Waals surface area contributed by atoms with Gasteiger partial charge in [0.15, 0.2) is 0 Å². The van der Waals surface area contributed by atoms with Gasteiger partial charge in [-0.2, -0.15) is 0 Å². The van der Waals surface area contributed by atoms with Crippen molar-refractivity contribution >= 4 is 16.3 Å². The zero-order chi connectivity index (χ0) is 8.55. The Balaban J connectivity index is 2.59. The van der Waals surface area contributed by atoms with E-state index in [9.17, 15) is 0 Å². The van der Waals surface area contributed by atoms with Crippen LogP contribution in [0.25, 0.3) is 4.96 Å². The molecule has 12 heavy (non-hydrogen) atoms. The van der Waals surface area contributed by atoms with Gasteiger partial charge in [0.2, 0.25) is 4.96 Å². The molecule has 64 valence electrons. The molecule has 0 aromatic carbocycles. The normalized spacial score (nSPS) is 11.2. The van der Waals surface area contributed by atoms with Gasteiger partial charge >= 0.3 is 0 Å². The van der Waals surface area contributed by atoms with Crippen LogP contribution >= 0.6 is 11.3 Å². The minimum Gasteiger partial charge on any atom is -0.330 e. The second-order valence-electron chi connectivity index (χ2n) is 2.63. The first-order valence-electron chi connectivity index (χ1n) is 3.81. The van der Waals surface area contributed by atoms with Crippen molar-refractivity contribution in [2.45, 2.75) is 13.3 Å². The SMILES string of the molecule is Cc1nnc2scc(CCN)n12. The molecular formula is C7H10N4S. The first-order chi connectivity index (χ1) is 5.83. The molecule has 0 saturated heterocycles. The highest BCUT2D eigenvalue weighted by molar-refractivity contribution is 7.15. The molecule has 0 radical (unpaired) electrons. The van der Waals surface area contributed by atoms with Gasteiger partial charge in [-0.25, -0.2) is 0 Å². The standard InChI is InChI=1S/C7H10N4S/c1-5-9-10-7-11(5)6(2-3-8)4-12-7/h4H,2-3,8H2,1H3. The Bertz CT molecular complexity index is 389. The summed E-state index contributed by atoms with van der Waals surface area (Å²) in [7, 11) is 0. The van der Waals surface area contributed by atoms with Crippen molar-refractivity contribution in [3.05, 3.63) is 16.9 Å². The van der Waals surface area contributed by atoms with Gasteiger partial charge in [-0.05, 0) is 13.5 Å². The Morgan fingerprint density at radius 1 is 1.58 bits per heavy atom. The van der Waals surface area contributed by atoms with Crippen molar-refractivity contribution < 1.29 is 0 Å². The van der Waals surface area contributed by atoms with Crippen molar-refractivity contribution in [3.8, 4) is 0 Å². The third-order valence-corrected chi connectivity index (χ3v) is 2.65. The molecule has 0 atom stereocenters. The number of aromatic nitrogens is 3. The van der Waals surface area contributed by atoms with Crippen LogP contribution in [-0.4, -0.2) is 21.1 Å². The largest absolute Gasteiger partial charge is 0.330 e. The van der Waals surface area contributed by atoms with E-state index >= 15 is 0 Å². The van der Waals surface area contributed by atoms with E-state index in [1.54, 1.807) is 11.3 Å². The van der Waals surface area contributed by atoms with E-state index in [-0.39, 0.29) is 0 Å². The summed E-state index contributed by atoms with van der Waals surface area (Å²) in [5.74, 6) is 0.940. The molecule has 0 aliphatic heterocycles. The molecule has 0 spiro atoms. The van der Waals surface area contributed by atoms with Gasteiger partial charge in [0.1, 0.15) is 5.82 Å². The smallest absolute Gasteiger partial charge is 0.216 e. The molecule has 0 saturated carbocycles. The molecule has 0 aliphatic carbocycles. The second kappa shape index (κ2) is 2.84. The minimum atomic E-state index is 0.670. The maximum atomic E-state index is 5.48. The molecule has 2 rings (SSSR count). The summed E-state index contributed by atoms with van der Waals surface area (Å²) >= 11 is 1.61. The van der Waals surface area contributed by atoms with Crippen molar-refractivity contribution in [2.24, 2.45) is 5.73 Å². The third-order valence-electron chi connectivity index (χ3n) is 1.78. The maximum absolute atomic E-state index is 5.48. The molecule has 0 fully saturated rings. The van der Waals surface area contributed by atoms with E-state index in [4.69, 9.17) is 5.73 Å². The lowest BCUT2D eigenvalue weighted by atomic mass is 10.3. The lowest BCUT2D eigenvalue weighted by molar-refractivity contribution is 0.882. The highest BCUT2D eigenvalue weighted by atomic mass is 32.1. The summed E-state index contributed by atoms with van der Waals surface area (Å²) in [4.78, 5) is 0.955. The summed E-state index contributed by atoms with van der Waals surface area (Å²) < 4.78 is 2.05. The van der Waals surface area contributed by atoms with Crippen LogP contribution in [-0.2, 0) is 6.42 Å². The van der Waals surface area contributed by atoms with Crippen LogP contribution in [0.2, 0.25) is 0 Å². The van der Waals surface area contributed by atoms with Crippen LogP contribution in [0, 0.1) is 6.92 Å². The van der Waals surface area contributed by atoms with E-state index in [0.29, 0.717) is 6.54 Å². The summed E-state index contributed by atoms with van der Waals surface area (Å²) in [6.45, 7) is 2.62. The first-order valence-corrected chi connectivity index (χ1v) is 4.69. The summed E-state index contributed by atoms with van der Waals surface area (Å²) in [5, 5.41) is 10.1. The van der Waals surface area contributed by atoms with Crippen molar-refractivity contribution in [1.29, 1.82) is 0 Å². The number of rotatable bonds is 2. The molecule has 0 unspecified atom stereocenters. The van der Waals surface area contributed by atoms with Gasteiger partial charge in [-0.1, -0.05) is 0 Å². The molecule has 0 bridgehead atoms. The van der Waals surface area contributed by atoms with E-state index in [2.05, 4.69) is 20.0 Å². The second-order valence-corrected chi connectivity index (χ2v) is 3.47. The average molecular weight is 182 g/mol. The van der Waals surface area contributed by atoms with Gasteiger partial charge in [0.05, 0.1) is 0 Å². The van der Waals surface area contributed by atoms with Gasteiger partial charge in [0, 0.05) is 17.5 Å². The Morgan fingerprint density at radius 2 is 2.42 bits per heavy atom. The van der Waals surface area contributed by atoms with Crippen LogP contribution in [0.15, 0.2) is 5.38 Å². The zero-order valence-electron chi connectivity index (χ0n) is 6.82. The number of nitrogens with zero attached hydrogens (tertiary/aromatic N) is 3. The van der Waals surface area contributed by atoms with Crippen molar-refractivity contribution in [1.82, 2.24) is 14.6 Å². The van der Waals surface area contributed by atoms with Crippen LogP contribution in [0.5, 0.6) is 0 Å². The maximum Gasteiger partial charge on any atom is 0.216 e. The lowest BCUT2D eigenvalue weighted by Gasteiger charge is -1.95. The predicted molar refractivity (Wildman–Crippen MR) is 48.4 cm³/mol. The quantitative estimate of drug-likeness (QED) is 0.740. The van der Waals surface area contributed by atoms with E-state index in [1.165, 1.54) is 5.69 Å². The molecular weight excluding hydrogens is 172 g/mol. The number of aryl methyl sites for hydroxylation is 1. The van der Waals surface area contributed by atoms with Gasteiger partial charge in [-0.3, -0.25) is 4.40 Å². The molecule has 2 aromatic heterocycles. The average Bonchev–Trinajstić information content (AvgIpc) is 2.58. The van der Waals surface area contributed by atoms with Crippen LogP contribution in [0.3, 0.4) is 0 Å². The van der Waals surface area contributed by atoms with Gasteiger partial charge in [-0.15, -0.1) is 21.5 Å². The highest BCUT2D eigenvalue weighted by Gasteiger charge is 2.06. The summed E-state index contributed by atoms with van der Waals surface area (Å²) in [6.07, 6.45) is 0.888. The van der Waals surface area contributed by atoms with E-state index < -0.39 is 0 Å². The molecule has 4 nitrogen and oxygen atoms in total. The number of thiazole rings is 1. The Hall–Kier alpha value is -0.940. The number of hydrogen-bond acceptors (Lipinski definition) is 4. The third kappa shape index (κ3) is 1.02. The molecule has 0 aliphatic rings. The number of hydrogen-bond donors (Lipinski definition) is 1. The molecule has 5 heteroatoms. The predicted octanol–water partition coefficient (Wildman–Crippen LogP) is 0.600. The van der Waals surface area contributed by atoms with Crippen molar-refractivity contribution in [2.75, 3.05) is 6.54 Å². The van der Waals surface area contributed by atoms with Crippen LogP contribution in [0.4, 0.5) is 0 Å². The molecule has 2 aromatic rings. The Labute approximate surface area is 74.0 Å². The lowest BCUT2D eigenvalue weighted by Crippen LogP contribution is -2.05.